The zero-order chi connectivity index (χ0) is 13.3. The number of hydrogen-bond donors (Lipinski definition) is 2. The summed E-state index contributed by atoms with van der Waals surface area (Å²) in [5.41, 5.74) is 0. The Balaban J connectivity index is 3.16. The molecule has 0 aliphatic heterocycles. The van der Waals surface area contributed by atoms with Crippen molar-refractivity contribution in [1.82, 2.24) is 0 Å². The fourth-order valence-electron chi connectivity index (χ4n) is 1.52. The third-order valence-corrected chi connectivity index (χ3v) is 5.77. The van der Waals surface area contributed by atoms with Crippen LogP contribution in [0.5, 0.6) is 5.75 Å². The second-order valence-electron chi connectivity index (χ2n) is 4.94. The highest BCUT2D eigenvalue weighted by molar-refractivity contribution is 7.62. The van der Waals surface area contributed by atoms with E-state index in [2.05, 4.69) is 0 Å². The lowest BCUT2D eigenvalue weighted by molar-refractivity contribution is 0.0984. The van der Waals surface area contributed by atoms with Gasteiger partial charge in [-0.2, -0.15) is 0 Å². The molecule has 0 amide bonds. The van der Waals surface area contributed by atoms with Gasteiger partial charge in [0.15, 0.2) is 0 Å². The van der Waals surface area contributed by atoms with Crippen LogP contribution >= 0.6 is 7.37 Å². The van der Waals surface area contributed by atoms with Gasteiger partial charge < -0.3 is 14.7 Å². The zero-order valence-electron chi connectivity index (χ0n) is 10.5. The van der Waals surface area contributed by atoms with Crippen molar-refractivity contribution in [2.45, 2.75) is 38.4 Å². The topological polar surface area (TPSA) is 66.8 Å². The summed E-state index contributed by atoms with van der Waals surface area (Å²) in [4.78, 5) is 0. The highest BCUT2D eigenvalue weighted by atomic mass is 31.2. The molecular formula is C12H19O4P. The van der Waals surface area contributed by atoms with Gasteiger partial charge in [0.25, 0.3) is 0 Å². The number of aliphatic hydroxyl groups is 2. The van der Waals surface area contributed by atoms with Crippen molar-refractivity contribution in [1.29, 1.82) is 0 Å². The van der Waals surface area contributed by atoms with Crippen molar-refractivity contribution < 1.29 is 19.3 Å². The molecule has 5 heteroatoms. The molecule has 0 heterocycles. The summed E-state index contributed by atoms with van der Waals surface area (Å²) in [7, 11) is -3.70. The molecular weight excluding hydrogens is 239 g/mol. The van der Waals surface area contributed by atoms with Crippen LogP contribution in [0.3, 0.4) is 0 Å². The minimum absolute atomic E-state index is 0.361. The van der Waals surface area contributed by atoms with E-state index in [1.165, 1.54) is 27.7 Å². The average Bonchev–Trinajstić information content (AvgIpc) is 2.15. The van der Waals surface area contributed by atoms with Crippen LogP contribution < -0.4 is 4.52 Å². The molecule has 96 valence electrons. The first-order chi connectivity index (χ1) is 7.58. The highest BCUT2D eigenvalue weighted by Gasteiger charge is 2.52. The first-order valence-corrected chi connectivity index (χ1v) is 7.00. The number of rotatable bonds is 4. The van der Waals surface area contributed by atoms with Crippen molar-refractivity contribution in [2.24, 2.45) is 0 Å². The normalized spacial score (nSPS) is 13.5. The van der Waals surface area contributed by atoms with Crippen LogP contribution in [0, 0.1) is 0 Å². The third kappa shape index (κ3) is 2.89. The lowest BCUT2D eigenvalue weighted by Crippen LogP contribution is -2.35. The van der Waals surface area contributed by atoms with Gasteiger partial charge >= 0.3 is 7.37 Å². The highest BCUT2D eigenvalue weighted by Crippen LogP contribution is 2.65. The lowest BCUT2D eigenvalue weighted by Gasteiger charge is -2.37. The number of hydrogen-bond acceptors (Lipinski definition) is 4. The third-order valence-electron chi connectivity index (χ3n) is 2.42. The predicted octanol–water partition coefficient (Wildman–Crippen LogP) is 2.80. The molecule has 0 bridgehead atoms. The predicted molar refractivity (Wildman–Crippen MR) is 67.3 cm³/mol. The van der Waals surface area contributed by atoms with Crippen molar-refractivity contribution >= 4 is 7.37 Å². The van der Waals surface area contributed by atoms with Gasteiger partial charge in [-0.3, -0.25) is 4.57 Å². The first kappa shape index (κ1) is 14.2. The van der Waals surface area contributed by atoms with E-state index in [-0.39, 0.29) is 0 Å². The molecule has 0 fully saturated rings. The Hall–Kier alpha value is -0.830. The minimum Gasteiger partial charge on any atom is -0.439 e. The molecule has 0 aromatic heterocycles. The van der Waals surface area contributed by atoms with Gasteiger partial charge in [0.05, 0.1) is 0 Å². The van der Waals surface area contributed by atoms with E-state index < -0.39 is 18.1 Å². The summed E-state index contributed by atoms with van der Waals surface area (Å²) >= 11 is 0. The Morgan fingerprint density at radius 2 is 1.41 bits per heavy atom. The quantitative estimate of drug-likeness (QED) is 0.815. The Labute approximate surface area is 102 Å². The Kier molecular flexibility index (Phi) is 3.72. The molecule has 0 spiro atoms. The van der Waals surface area contributed by atoms with E-state index in [1.807, 2.05) is 0 Å². The van der Waals surface area contributed by atoms with Gasteiger partial charge in [0.2, 0.25) is 0 Å². The van der Waals surface area contributed by atoms with Crippen molar-refractivity contribution in [2.75, 3.05) is 0 Å². The van der Waals surface area contributed by atoms with Gasteiger partial charge in [-0.1, -0.05) is 18.2 Å². The first-order valence-electron chi connectivity index (χ1n) is 5.37. The van der Waals surface area contributed by atoms with E-state index in [0.29, 0.717) is 5.75 Å². The van der Waals surface area contributed by atoms with Gasteiger partial charge in [-0.25, -0.2) is 0 Å². The van der Waals surface area contributed by atoms with Crippen LogP contribution in [0.4, 0.5) is 0 Å². The minimum atomic E-state index is -3.70. The van der Waals surface area contributed by atoms with Crippen LogP contribution in [-0.4, -0.2) is 20.9 Å². The van der Waals surface area contributed by atoms with Crippen molar-refractivity contribution in [3.8, 4) is 5.75 Å². The van der Waals surface area contributed by atoms with Crippen molar-refractivity contribution in [3.05, 3.63) is 30.3 Å². The molecule has 0 saturated heterocycles. The fourth-order valence-corrected chi connectivity index (χ4v) is 3.73. The summed E-state index contributed by atoms with van der Waals surface area (Å²) in [6, 6.07) is 8.52. The molecule has 2 N–H and O–H groups in total. The maximum Gasteiger partial charge on any atom is 0.307 e. The Morgan fingerprint density at radius 1 is 1.00 bits per heavy atom. The smallest absolute Gasteiger partial charge is 0.307 e. The maximum atomic E-state index is 12.7. The molecule has 0 saturated carbocycles. The molecule has 0 atom stereocenters. The van der Waals surface area contributed by atoms with E-state index >= 15 is 0 Å². The van der Waals surface area contributed by atoms with Gasteiger partial charge in [-0.15, -0.1) is 0 Å². The molecule has 0 unspecified atom stereocenters. The molecule has 0 aliphatic rings. The summed E-state index contributed by atoms with van der Waals surface area (Å²) in [6.07, 6.45) is 0. The zero-order valence-corrected chi connectivity index (χ0v) is 11.4. The molecule has 0 radical (unpaired) electrons. The monoisotopic (exact) mass is 258 g/mol. The SMILES string of the molecule is CC(C)(O)P(=O)(Oc1ccccc1)C(C)(C)O. The van der Waals surface area contributed by atoms with Crippen LogP contribution in [0.15, 0.2) is 30.3 Å². The van der Waals surface area contributed by atoms with Gasteiger partial charge in [0, 0.05) is 0 Å². The maximum absolute atomic E-state index is 12.7. The number of benzene rings is 1. The van der Waals surface area contributed by atoms with Crippen molar-refractivity contribution in [3.63, 3.8) is 0 Å². The van der Waals surface area contributed by atoms with E-state index in [9.17, 15) is 14.8 Å². The van der Waals surface area contributed by atoms with Crippen LogP contribution in [0.2, 0.25) is 0 Å². The summed E-state index contributed by atoms with van der Waals surface area (Å²) in [5, 5.41) is 16.7. The summed E-state index contributed by atoms with van der Waals surface area (Å²) in [6.45, 7) is 5.48. The van der Waals surface area contributed by atoms with Crippen LogP contribution in [0.25, 0.3) is 0 Å². The Morgan fingerprint density at radius 3 is 1.76 bits per heavy atom. The van der Waals surface area contributed by atoms with E-state index in [0.717, 1.165) is 0 Å². The molecule has 1 aromatic rings. The average molecular weight is 258 g/mol. The summed E-state index contributed by atoms with van der Waals surface area (Å²) < 4.78 is 18.1. The standard InChI is InChI=1S/C12H19O4P/c1-11(2,13)17(15,12(3,4)14)16-10-8-6-5-7-9-10/h5-9,13-14H,1-4H3. The largest absolute Gasteiger partial charge is 0.439 e. The molecule has 17 heavy (non-hydrogen) atoms. The lowest BCUT2D eigenvalue weighted by atomic mass is 10.3. The molecule has 1 rings (SSSR count). The Bertz CT molecular complexity index is 396. The van der Waals surface area contributed by atoms with Gasteiger partial charge in [0.1, 0.15) is 16.4 Å². The molecule has 1 aromatic carbocycles. The molecule has 4 nitrogen and oxygen atoms in total. The molecule has 0 aliphatic carbocycles. The van der Waals surface area contributed by atoms with Crippen LogP contribution in [-0.2, 0) is 4.57 Å². The van der Waals surface area contributed by atoms with E-state index in [4.69, 9.17) is 4.52 Å². The fraction of sp³-hybridized carbons (Fsp3) is 0.500. The summed E-state index contributed by atoms with van der Waals surface area (Å²) in [5.74, 6) is 0.361. The number of para-hydroxylation sites is 1. The van der Waals surface area contributed by atoms with E-state index in [1.54, 1.807) is 30.3 Å². The van der Waals surface area contributed by atoms with Gasteiger partial charge in [-0.05, 0) is 39.8 Å². The second-order valence-corrected chi connectivity index (χ2v) is 8.42. The van der Waals surface area contributed by atoms with Crippen LogP contribution in [0.1, 0.15) is 27.7 Å². The second kappa shape index (κ2) is 4.45.